The normalized spacial score (nSPS) is 10.5. The minimum atomic E-state index is -0.498. The molecule has 0 unspecified atom stereocenters. The fraction of sp³-hybridized carbons (Fsp3) is 0.278. The topological polar surface area (TPSA) is 81.5 Å². The molecule has 1 N–H and O–H groups in total. The number of hydrogen-bond donors (Lipinski definition) is 1. The first kappa shape index (κ1) is 17.5. The minimum absolute atomic E-state index is 0.0887. The molecular weight excluding hydrogens is 308 g/mol. The predicted octanol–water partition coefficient (Wildman–Crippen LogP) is 4.26. The van der Waals surface area contributed by atoms with Crippen LogP contribution >= 0.6 is 0 Å². The number of nitro groups is 1. The van der Waals surface area contributed by atoms with Crippen molar-refractivity contribution in [1.82, 2.24) is 0 Å². The van der Waals surface area contributed by atoms with Gasteiger partial charge >= 0.3 is 0 Å². The van der Waals surface area contributed by atoms with Gasteiger partial charge in [-0.2, -0.15) is 0 Å². The summed E-state index contributed by atoms with van der Waals surface area (Å²) < 4.78 is 5.70. The van der Waals surface area contributed by atoms with E-state index >= 15 is 0 Å². The molecular formula is C18H20N2O4. The molecule has 6 nitrogen and oxygen atoms in total. The van der Waals surface area contributed by atoms with Crippen LogP contribution in [0.3, 0.4) is 0 Å². The van der Waals surface area contributed by atoms with Crippen molar-refractivity contribution in [1.29, 1.82) is 0 Å². The van der Waals surface area contributed by atoms with Gasteiger partial charge in [-0.05, 0) is 23.1 Å². The number of amides is 1. The van der Waals surface area contributed by atoms with Crippen molar-refractivity contribution in [3.05, 3.63) is 63.7 Å². The summed E-state index contributed by atoms with van der Waals surface area (Å²) >= 11 is 0. The number of anilines is 1. The van der Waals surface area contributed by atoms with Gasteiger partial charge in [-0.3, -0.25) is 14.9 Å². The number of hydrogen-bond acceptors (Lipinski definition) is 4. The van der Waals surface area contributed by atoms with E-state index in [1.807, 2.05) is 24.3 Å². The Kier molecular flexibility index (Phi) is 5.52. The van der Waals surface area contributed by atoms with Crippen LogP contribution in [0.1, 0.15) is 37.8 Å². The lowest BCUT2D eigenvalue weighted by Crippen LogP contribution is -2.08. The molecule has 0 atom stereocenters. The molecule has 0 radical (unpaired) electrons. The number of non-ortho nitro benzene ring substituents is 1. The number of nitro benzene ring substituents is 1. The summed E-state index contributed by atoms with van der Waals surface area (Å²) in [5, 5.41) is 13.5. The third-order valence-electron chi connectivity index (χ3n) is 3.53. The number of ether oxygens (including phenoxy) is 1. The van der Waals surface area contributed by atoms with Crippen LogP contribution in [0, 0.1) is 10.1 Å². The Morgan fingerprint density at radius 1 is 1.21 bits per heavy atom. The molecule has 0 aliphatic heterocycles. The molecule has 2 aromatic carbocycles. The van der Waals surface area contributed by atoms with E-state index in [-0.39, 0.29) is 24.0 Å². The Hall–Kier alpha value is -2.89. The summed E-state index contributed by atoms with van der Waals surface area (Å²) in [5.41, 5.74) is 2.49. The van der Waals surface area contributed by atoms with E-state index in [1.54, 1.807) is 0 Å². The average Bonchev–Trinajstić information content (AvgIpc) is 2.53. The second kappa shape index (κ2) is 7.59. The van der Waals surface area contributed by atoms with Crippen LogP contribution in [-0.2, 0) is 11.4 Å². The molecule has 0 saturated heterocycles. The van der Waals surface area contributed by atoms with Crippen LogP contribution < -0.4 is 10.1 Å². The Morgan fingerprint density at radius 2 is 1.88 bits per heavy atom. The monoisotopic (exact) mass is 328 g/mol. The van der Waals surface area contributed by atoms with E-state index in [4.69, 9.17) is 4.74 Å². The third kappa shape index (κ3) is 4.55. The number of benzene rings is 2. The van der Waals surface area contributed by atoms with Crippen LogP contribution in [0.4, 0.5) is 11.4 Å². The van der Waals surface area contributed by atoms with Crippen molar-refractivity contribution >= 4 is 17.3 Å². The smallest absolute Gasteiger partial charge is 0.273 e. The molecule has 2 aromatic rings. The zero-order chi connectivity index (χ0) is 17.7. The zero-order valence-corrected chi connectivity index (χ0v) is 13.9. The maximum Gasteiger partial charge on any atom is 0.273 e. The molecule has 0 aliphatic carbocycles. The first-order valence-corrected chi connectivity index (χ1v) is 7.64. The molecule has 126 valence electrons. The van der Waals surface area contributed by atoms with E-state index in [0.717, 1.165) is 5.56 Å². The van der Waals surface area contributed by atoms with Crippen LogP contribution in [0.25, 0.3) is 0 Å². The van der Waals surface area contributed by atoms with Crippen LogP contribution in [0.5, 0.6) is 5.75 Å². The maximum atomic E-state index is 11.3. The second-order valence-electron chi connectivity index (χ2n) is 5.80. The van der Waals surface area contributed by atoms with Crippen LogP contribution in [0.15, 0.2) is 42.5 Å². The van der Waals surface area contributed by atoms with Crippen LogP contribution in [0.2, 0.25) is 0 Å². The first-order chi connectivity index (χ1) is 11.4. The van der Waals surface area contributed by atoms with Gasteiger partial charge in [-0.25, -0.2) is 0 Å². The number of nitrogens with zero attached hydrogens (tertiary/aromatic N) is 1. The highest BCUT2D eigenvalue weighted by Crippen LogP contribution is 2.30. The summed E-state index contributed by atoms with van der Waals surface area (Å²) in [4.78, 5) is 21.7. The van der Waals surface area contributed by atoms with Gasteiger partial charge in [0.2, 0.25) is 5.91 Å². The van der Waals surface area contributed by atoms with Gasteiger partial charge in [-0.1, -0.05) is 38.1 Å². The molecule has 1 amide bonds. The average molecular weight is 328 g/mol. The molecule has 6 heteroatoms. The lowest BCUT2D eigenvalue weighted by atomic mass is 10.0. The fourth-order valence-corrected chi connectivity index (χ4v) is 2.20. The van der Waals surface area contributed by atoms with Crippen molar-refractivity contribution in [2.24, 2.45) is 0 Å². The van der Waals surface area contributed by atoms with Gasteiger partial charge < -0.3 is 10.1 Å². The van der Waals surface area contributed by atoms with E-state index in [2.05, 4.69) is 19.2 Å². The van der Waals surface area contributed by atoms with Crippen molar-refractivity contribution in [2.75, 3.05) is 5.32 Å². The zero-order valence-electron chi connectivity index (χ0n) is 13.9. The Bertz CT molecular complexity index is 739. The largest absolute Gasteiger partial charge is 0.486 e. The summed E-state index contributed by atoms with van der Waals surface area (Å²) in [5.74, 6) is 0.449. The summed E-state index contributed by atoms with van der Waals surface area (Å²) in [6, 6.07) is 12.1. The SMILES string of the molecule is CC(=O)Nc1ccc([N+](=O)[O-])cc1OCc1ccc(C(C)C)cc1. The predicted molar refractivity (Wildman–Crippen MR) is 92.3 cm³/mol. The third-order valence-corrected chi connectivity index (χ3v) is 3.53. The Balaban J connectivity index is 2.18. The number of carbonyl (C=O) groups excluding carboxylic acids is 1. The van der Waals surface area contributed by atoms with Crippen molar-refractivity contribution in [2.45, 2.75) is 33.3 Å². The molecule has 0 saturated carbocycles. The summed E-state index contributed by atoms with van der Waals surface area (Å²) in [6.45, 7) is 5.87. The molecule has 0 heterocycles. The number of rotatable bonds is 6. The van der Waals surface area contributed by atoms with E-state index in [9.17, 15) is 14.9 Å². The lowest BCUT2D eigenvalue weighted by Gasteiger charge is -2.12. The number of nitrogens with one attached hydrogen (secondary N) is 1. The standard InChI is InChI=1S/C18H20N2O4/c1-12(2)15-6-4-14(5-7-15)11-24-18-10-16(20(22)23)8-9-17(18)19-13(3)21/h4-10,12H,11H2,1-3H3,(H,19,21). The summed E-state index contributed by atoms with van der Waals surface area (Å²) in [7, 11) is 0. The Morgan fingerprint density at radius 3 is 2.42 bits per heavy atom. The quantitative estimate of drug-likeness (QED) is 0.634. The lowest BCUT2D eigenvalue weighted by molar-refractivity contribution is -0.384. The molecule has 24 heavy (non-hydrogen) atoms. The van der Waals surface area contributed by atoms with E-state index < -0.39 is 4.92 Å². The van der Waals surface area contributed by atoms with E-state index in [1.165, 1.54) is 30.7 Å². The van der Waals surface area contributed by atoms with Crippen molar-refractivity contribution in [3.8, 4) is 5.75 Å². The highest BCUT2D eigenvalue weighted by Gasteiger charge is 2.13. The first-order valence-electron chi connectivity index (χ1n) is 7.64. The van der Waals surface area contributed by atoms with Gasteiger partial charge in [0.05, 0.1) is 16.7 Å². The molecule has 0 bridgehead atoms. The van der Waals surface area contributed by atoms with Crippen LogP contribution in [-0.4, -0.2) is 10.8 Å². The molecule has 0 spiro atoms. The molecule has 2 rings (SSSR count). The maximum absolute atomic E-state index is 11.3. The van der Waals surface area contributed by atoms with E-state index in [0.29, 0.717) is 11.6 Å². The number of carbonyl (C=O) groups is 1. The van der Waals surface area contributed by atoms with Crippen molar-refractivity contribution in [3.63, 3.8) is 0 Å². The van der Waals surface area contributed by atoms with Gasteiger partial charge in [0.1, 0.15) is 12.4 Å². The highest BCUT2D eigenvalue weighted by atomic mass is 16.6. The second-order valence-corrected chi connectivity index (χ2v) is 5.80. The van der Waals surface area contributed by atoms with Gasteiger partial charge in [0.15, 0.2) is 0 Å². The van der Waals surface area contributed by atoms with Gasteiger partial charge in [0.25, 0.3) is 5.69 Å². The van der Waals surface area contributed by atoms with Crippen molar-refractivity contribution < 1.29 is 14.5 Å². The molecule has 0 aromatic heterocycles. The Labute approximate surface area is 140 Å². The highest BCUT2D eigenvalue weighted by molar-refractivity contribution is 5.90. The molecule has 0 aliphatic rings. The molecule has 0 fully saturated rings. The van der Waals surface area contributed by atoms with Gasteiger partial charge in [0, 0.05) is 13.0 Å². The van der Waals surface area contributed by atoms with Gasteiger partial charge in [-0.15, -0.1) is 0 Å². The minimum Gasteiger partial charge on any atom is -0.486 e. The fourth-order valence-electron chi connectivity index (χ4n) is 2.20. The summed E-state index contributed by atoms with van der Waals surface area (Å²) in [6.07, 6.45) is 0.